The maximum atomic E-state index is 8.00. The van der Waals surface area contributed by atoms with Crippen LogP contribution >= 0.6 is 0 Å². The first-order chi connectivity index (χ1) is 12.9. The summed E-state index contributed by atoms with van der Waals surface area (Å²) >= 11 is 0. The number of hydrogen-bond donors (Lipinski definition) is 2. The quantitative estimate of drug-likeness (QED) is 0.550. The van der Waals surface area contributed by atoms with E-state index in [1.54, 1.807) is 17.8 Å². The molecule has 2 N–H and O–H groups in total. The molecule has 1 aliphatic carbocycles. The van der Waals surface area contributed by atoms with E-state index in [1.807, 2.05) is 37.0 Å². The van der Waals surface area contributed by atoms with Crippen molar-refractivity contribution in [3.05, 3.63) is 47.3 Å². The Morgan fingerprint density at radius 3 is 2.48 bits per heavy atom. The maximum Gasteiger partial charge on any atom is 0.151 e. The van der Waals surface area contributed by atoms with Crippen molar-refractivity contribution >= 4 is 5.84 Å². The Morgan fingerprint density at radius 2 is 2.00 bits per heavy atom. The van der Waals surface area contributed by atoms with E-state index in [4.69, 9.17) is 10.8 Å². The standard InChI is InChI=1S/C15H20N6.C4H6N2/c1-4-20-14(8-12(18-20)11-5-6-11)13-7-9(2)15(17)21(19-13)10(3)16;1-6-4-2-3-5-6/h7-8,11,16-17H,4-6H2,1-3H3;2-4H,1H3. The van der Waals surface area contributed by atoms with Crippen molar-refractivity contribution < 1.29 is 0 Å². The number of nitrogens with zero attached hydrogens (tertiary/aromatic N) is 6. The first kappa shape index (κ1) is 18.8. The van der Waals surface area contributed by atoms with Gasteiger partial charge in [-0.05, 0) is 57.4 Å². The number of aryl methyl sites for hydroxylation is 3. The molecule has 0 amide bonds. The van der Waals surface area contributed by atoms with Gasteiger partial charge in [0.2, 0.25) is 0 Å². The second-order valence-electron chi connectivity index (χ2n) is 6.78. The molecule has 0 atom stereocenters. The maximum absolute atomic E-state index is 8.00. The van der Waals surface area contributed by atoms with Crippen molar-refractivity contribution in [2.45, 2.75) is 46.1 Å². The molecule has 27 heavy (non-hydrogen) atoms. The van der Waals surface area contributed by atoms with E-state index in [0.29, 0.717) is 5.92 Å². The Labute approximate surface area is 158 Å². The zero-order valence-corrected chi connectivity index (χ0v) is 16.3. The molecule has 3 aromatic rings. The van der Waals surface area contributed by atoms with Gasteiger partial charge in [-0.1, -0.05) is 0 Å². The van der Waals surface area contributed by atoms with Gasteiger partial charge in [-0.25, -0.2) is 4.68 Å². The molecular formula is C19H26N8. The van der Waals surface area contributed by atoms with Crippen LogP contribution in [0.2, 0.25) is 0 Å². The monoisotopic (exact) mass is 366 g/mol. The minimum atomic E-state index is 0.245. The average Bonchev–Trinajstić information content (AvgIpc) is 3.22. The average molecular weight is 366 g/mol. The van der Waals surface area contributed by atoms with Crippen LogP contribution < -0.4 is 5.49 Å². The SMILES string of the molecule is CCn1nc(C2CC2)cc1-c1cc(C)c(=N)n(C(C)=N)n1.Cn1cccn1. The summed E-state index contributed by atoms with van der Waals surface area (Å²) in [5.41, 5.74) is 3.95. The molecule has 0 spiro atoms. The lowest BCUT2D eigenvalue weighted by Crippen LogP contribution is -2.29. The molecule has 0 radical (unpaired) electrons. The van der Waals surface area contributed by atoms with E-state index in [9.17, 15) is 0 Å². The van der Waals surface area contributed by atoms with Crippen molar-refractivity contribution in [3.63, 3.8) is 0 Å². The Hall–Kier alpha value is -3.03. The van der Waals surface area contributed by atoms with Crippen LogP contribution in [-0.4, -0.2) is 35.2 Å². The predicted octanol–water partition coefficient (Wildman–Crippen LogP) is 2.70. The highest BCUT2D eigenvalue weighted by molar-refractivity contribution is 5.78. The van der Waals surface area contributed by atoms with Crippen molar-refractivity contribution in [1.82, 2.24) is 29.3 Å². The van der Waals surface area contributed by atoms with Crippen molar-refractivity contribution in [2.24, 2.45) is 7.05 Å². The molecule has 0 saturated heterocycles. The van der Waals surface area contributed by atoms with Crippen molar-refractivity contribution in [1.29, 1.82) is 10.8 Å². The molecule has 0 aliphatic heterocycles. The molecular weight excluding hydrogens is 340 g/mol. The van der Waals surface area contributed by atoms with Crippen LogP contribution in [0, 0.1) is 17.7 Å². The first-order valence-corrected chi connectivity index (χ1v) is 9.13. The van der Waals surface area contributed by atoms with E-state index in [0.717, 1.165) is 29.2 Å². The number of hydrogen-bond acceptors (Lipinski definition) is 5. The van der Waals surface area contributed by atoms with E-state index in [1.165, 1.54) is 17.5 Å². The van der Waals surface area contributed by atoms with E-state index in [2.05, 4.69) is 28.3 Å². The molecule has 3 heterocycles. The molecule has 0 aromatic carbocycles. The lowest BCUT2D eigenvalue weighted by Gasteiger charge is -2.09. The molecule has 0 unspecified atom stereocenters. The number of nitrogens with one attached hydrogen (secondary N) is 2. The van der Waals surface area contributed by atoms with Crippen LogP contribution in [0.4, 0.5) is 0 Å². The second kappa shape index (κ2) is 7.69. The third-order valence-electron chi connectivity index (χ3n) is 4.46. The Morgan fingerprint density at radius 1 is 1.26 bits per heavy atom. The Kier molecular flexibility index (Phi) is 5.34. The summed E-state index contributed by atoms with van der Waals surface area (Å²) < 4.78 is 5.08. The lowest BCUT2D eigenvalue weighted by molar-refractivity contribution is 0.649. The molecule has 8 heteroatoms. The van der Waals surface area contributed by atoms with Crippen LogP contribution in [0.3, 0.4) is 0 Å². The minimum Gasteiger partial charge on any atom is -0.287 e. The fourth-order valence-electron chi connectivity index (χ4n) is 2.80. The predicted molar refractivity (Wildman–Crippen MR) is 104 cm³/mol. The second-order valence-corrected chi connectivity index (χ2v) is 6.78. The molecule has 8 nitrogen and oxygen atoms in total. The highest BCUT2D eigenvalue weighted by atomic mass is 15.3. The summed E-state index contributed by atoms with van der Waals surface area (Å²) in [7, 11) is 1.89. The van der Waals surface area contributed by atoms with Crippen molar-refractivity contribution in [2.75, 3.05) is 0 Å². The van der Waals surface area contributed by atoms with E-state index >= 15 is 0 Å². The summed E-state index contributed by atoms with van der Waals surface area (Å²) in [6, 6.07) is 5.90. The van der Waals surface area contributed by atoms with Gasteiger partial charge in [0.15, 0.2) is 5.49 Å². The minimum absolute atomic E-state index is 0.245. The summed E-state index contributed by atoms with van der Waals surface area (Å²) in [5.74, 6) is 0.847. The smallest absolute Gasteiger partial charge is 0.151 e. The van der Waals surface area contributed by atoms with Gasteiger partial charge < -0.3 is 0 Å². The normalized spacial score (nSPS) is 13.2. The van der Waals surface area contributed by atoms with E-state index < -0.39 is 0 Å². The van der Waals surface area contributed by atoms with Crippen LogP contribution in [0.5, 0.6) is 0 Å². The van der Waals surface area contributed by atoms with Gasteiger partial charge in [-0.3, -0.25) is 20.2 Å². The van der Waals surface area contributed by atoms with Crippen LogP contribution in [0.25, 0.3) is 11.4 Å². The van der Waals surface area contributed by atoms with Gasteiger partial charge in [-0.15, -0.1) is 0 Å². The van der Waals surface area contributed by atoms with Crippen LogP contribution in [-0.2, 0) is 13.6 Å². The van der Waals surface area contributed by atoms with Gasteiger partial charge in [-0.2, -0.15) is 15.3 Å². The van der Waals surface area contributed by atoms with Gasteiger partial charge in [0.25, 0.3) is 0 Å². The van der Waals surface area contributed by atoms with Gasteiger partial charge in [0.1, 0.15) is 11.5 Å². The van der Waals surface area contributed by atoms with Gasteiger partial charge in [0.05, 0.1) is 11.4 Å². The van der Waals surface area contributed by atoms with Crippen molar-refractivity contribution in [3.8, 4) is 11.4 Å². The van der Waals surface area contributed by atoms with Gasteiger partial charge in [0, 0.05) is 31.9 Å². The molecule has 1 saturated carbocycles. The summed E-state index contributed by atoms with van der Waals surface area (Å²) in [5, 5.41) is 28.7. The highest BCUT2D eigenvalue weighted by Crippen LogP contribution is 2.40. The summed E-state index contributed by atoms with van der Waals surface area (Å²) in [6.07, 6.45) is 6.08. The molecule has 0 bridgehead atoms. The first-order valence-electron chi connectivity index (χ1n) is 9.13. The fourth-order valence-corrected chi connectivity index (χ4v) is 2.80. The topological polar surface area (TPSA) is 101 Å². The molecule has 3 aromatic heterocycles. The zero-order valence-electron chi connectivity index (χ0n) is 16.3. The largest absolute Gasteiger partial charge is 0.287 e. The Balaban J connectivity index is 0.000000299. The van der Waals surface area contributed by atoms with E-state index in [-0.39, 0.29) is 11.3 Å². The zero-order chi connectivity index (χ0) is 19.6. The Bertz CT molecular complexity index is 989. The molecule has 1 fully saturated rings. The highest BCUT2D eigenvalue weighted by Gasteiger charge is 2.27. The van der Waals surface area contributed by atoms with Crippen LogP contribution in [0.1, 0.15) is 43.9 Å². The molecule has 142 valence electrons. The lowest BCUT2D eigenvalue weighted by atomic mass is 10.2. The number of rotatable bonds is 3. The van der Waals surface area contributed by atoms with Gasteiger partial charge >= 0.3 is 0 Å². The summed E-state index contributed by atoms with van der Waals surface area (Å²) in [4.78, 5) is 0. The summed E-state index contributed by atoms with van der Waals surface area (Å²) in [6.45, 7) is 6.37. The molecule has 1 aliphatic rings. The third-order valence-corrected chi connectivity index (χ3v) is 4.46. The number of aromatic nitrogens is 6. The van der Waals surface area contributed by atoms with Crippen LogP contribution in [0.15, 0.2) is 30.6 Å². The third kappa shape index (κ3) is 4.21. The molecule has 4 rings (SSSR count). The fraction of sp³-hybridized carbons (Fsp3) is 0.421.